The molecule has 17 heavy (non-hydrogen) atoms. The normalized spacial score (nSPS) is 10.9. The fourth-order valence-corrected chi connectivity index (χ4v) is 1.25. The van der Waals surface area contributed by atoms with Crippen LogP contribution in [0.1, 0.15) is 23.4 Å². The number of nitrogens with one attached hydrogen (secondary N) is 1. The number of hydrogen-bond acceptors (Lipinski definition) is 4. The molecule has 96 valence electrons. The molecule has 6 nitrogen and oxygen atoms in total. The number of rotatable bonds is 6. The average Bonchev–Trinajstić information content (AvgIpc) is 2.75. The molecule has 1 rings (SSSR count). The van der Waals surface area contributed by atoms with Crippen molar-refractivity contribution in [1.82, 2.24) is 20.1 Å². The van der Waals surface area contributed by atoms with Gasteiger partial charge in [0.2, 0.25) is 5.82 Å². The van der Waals surface area contributed by atoms with Crippen molar-refractivity contribution >= 4 is 5.91 Å². The summed E-state index contributed by atoms with van der Waals surface area (Å²) >= 11 is 0. The number of H-pyrrole nitrogens is 1. The van der Waals surface area contributed by atoms with Crippen LogP contribution in [-0.2, 0) is 6.42 Å². The van der Waals surface area contributed by atoms with Gasteiger partial charge in [0, 0.05) is 13.0 Å². The molecule has 0 aliphatic carbocycles. The molecule has 0 atom stereocenters. The fraction of sp³-hybridized carbons (Fsp3) is 0.667. The predicted molar refractivity (Wildman–Crippen MR) is 54.8 cm³/mol. The Morgan fingerprint density at radius 1 is 1.59 bits per heavy atom. The van der Waals surface area contributed by atoms with Gasteiger partial charge in [0.15, 0.2) is 0 Å². The van der Waals surface area contributed by atoms with E-state index in [0.717, 1.165) is 4.90 Å². The molecular formula is C9H14F2N4O2. The highest BCUT2D eigenvalue weighted by atomic mass is 19.3. The minimum Gasteiger partial charge on any atom is -0.395 e. The number of nitrogens with zero attached hydrogens (tertiary/aromatic N) is 3. The van der Waals surface area contributed by atoms with Gasteiger partial charge in [-0.05, 0) is 0 Å². The van der Waals surface area contributed by atoms with Gasteiger partial charge in [-0.25, -0.2) is 13.8 Å². The summed E-state index contributed by atoms with van der Waals surface area (Å²) < 4.78 is 24.5. The predicted octanol–water partition coefficient (Wildman–Crippen LogP) is 0.0667. The van der Waals surface area contributed by atoms with Crippen molar-refractivity contribution in [3.63, 3.8) is 0 Å². The van der Waals surface area contributed by atoms with Gasteiger partial charge in [-0.15, -0.1) is 5.10 Å². The highest BCUT2D eigenvalue weighted by Gasteiger charge is 2.22. The first-order valence-corrected chi connectivity index (χ1v) is 5.18. The Kier molecular flexibility index (Phi) is 4.95. The number of aromatic amines is 1. The molecule has 2 N–H and O–H groups in total. The lowest BCUT2D eigenvalue weighted by Gasteiger charge is -2.19. The maximum absolute atomic E-state index is 12.2. The molecule has 0 radical (unpaired) electrons. The van der Waals surface area contributed by atoms with E-state index in [-0.39, 0.29) is 19.0 Å². The second kappa shape index (κ2) is 6.24. The van der Waals surface area contributed by atoms with E-state index in [0.29, 0.717) is 12.2 Å². The molecule has 0 fully saturated rings. The third-order valence-corrected chi connectivity index (χ3v) is 2.07. The maximum atomic E-state index is 12.2. The number of aliphatic hydroxyl groups excluding tert-OH is 1. The number of halogens is 2. The summed E-state index contributed by atoms with van der Waals surface area (Å²) in [7, 11) is 0. The highest BCUT2D eigenvalue weighted by molar-refractivity contribution is 5.90. The quantitative estimate of drug-likeness (QED) is 0.746. The smallest absolute Gasteiger partial charge is 0.293 e. The zero-order valence-electron chi connectivity index (χ0n) is 9.36. The molecule has 1 heterocycles. The van der Waals surface area contributed by atoms with Crippen LogP contribution in [0.15, 0.2) is 0 Å². The molecule has 0 unspecified atom stereocenters. The third-order valence-electron chi connectivity index (χ3n) is 2.07. The SMILES string of the molecule is CCc1nc(C(=O)N(CCO)CC(F)F)n[nH]1. The Labute approximate surface area is 96.6 Å². The monoisotopic (exact) mass is 248 g/mol. The third kappa shape index (κ3) is 3.74. The first-order valence-electron chi connectivity index (χ1n) is 5.18. The lowest BCUT2D eigenvalue weighted by atomic mass is 10.4. The van der Waals surface area contributed by atoms with Gasteiger partial charge < -0.3 is 10.0 Å². The van der Waals surface area contributed by atoms with E-state index in [1.54, 1.807) is 0 Å². The molecule has 1 aromatic rings. The number of carbonyl (C=O) groups is 1. The standard InChI is InChI=1S/C9H14F2N4O2/c1-2-7-12-8(14-13-7)9(17)15(3-4-16)5-6(10)11/h6,16H,2-5H2,1H3,(H,12,13,14). The van der Waals surface area contributed by atoms with E-state index in [9.17, 15) is 13.6 Å². The molecule has 8 heteroatoms. The molecule has 0 saturated heterocycles. The van der Waals surface area contributed by atoms with Crippen LogP contribution in [0.2, 0.25) is 0 Å². The van der Waals surface area contributed by atoms with Gasteiger partial charge in [0.1, 0.15) is 5.82 Å². The van der Waals surface area contributed by atoms with Gasteiger partial charge in [0.25, 0.3) is 12.3 Å². The Hall–Kier alpha value is -1.57. The summed E-state index contributed by atoms with van der Waals surface area (Å²) in [6.07, 6.45) is -2.09. The zero-order valence-corrected chi connectivity index (χ0v) is 9.36. The van der Waals surface area contributed by atoms with Crippen LogP contribution in [0.3, 0.4) is 0 Å². The Bertz CT molecular complexity index is 370. The van der Waals surface area contributed by atoms with Crippen LogP contribution >= 0.6 is 0 Å². The topological polar surface area (TPSA) is 82.1 Å². The van der Waals surface area contributed by atoms with E-state index < -0.39 is 18.9 Å². The summed E-state index contributed by atoms with van der Waals surface area (Å²) in [6.45, 7) is 0.525. The van der Waals surface area contributed by atoms with Crippen molar-refractivity contribution in [2.75, 3.05) is 19.7 Å². The molecule has 0 bridgehead atoms. The second-order valence-corrected chi connectivity index (χ2v) is 3.33. The van der Waals surface area contributed by atoms with E-state index in [4.69, 9.17) is 5.11 Å². The fourth-order valence-electron chi connectivity index (χ4n) is 1.25. The number of alkyl halides is 2. The van der Waals surface area contributed by atoms with Crippen molar-refractivity contribution in [3.05, 3.63) is 11.6 Å². The van der Waals surface area contributed by atoms with Gasteiger partial charge >= 0.3 is 0 Å². The Morgan fingerprint density at radius 3 is 2.76 bits per heavy atom. The minimum atomic E-state index is -2.66. The summed E-state index contributed by atoms with van der Waals surface area (Å²) in [6, 6.07) is 0. The van der Waals surface area contributed by atoms with E-state index in [1.807, 2.05) is 6.92 Å². The minimum absolute atomic E-state index is 0.157. The van der Waals surface area contributed by atoms with Crippen LogP contribution in [-0.4, -0.2) is 57.2 Å². The van der Waals surface area contributed by atoms with Crippen molar-refractivity contribution in [1.29, 1.82) is 0 Å². The van der Waals surface area contributed by atoms with Crippen LogP contribution < -0.4 is 0 Å². The molecule has 0 aliphatic rings. The molecule has 0 spiro atoms. The molecule has 1 aromatic heterocycles. The summed E-state index contributed by atoms with van der Waals surface area (Å²) in [4.78, 5) is 16.4. The van der Waals surface area contributed by atoms with Gasteiger partial charge in [0.05, 0.1) is 13.2 Å². The van der Waals surface area contributed by atoms with E-state index in [2.05, 4.69) is 15.2 Å². The first kappa shape index (κ1) is 13.5. The molecule has 0 aliphatic heterocycles. The number of aryl methyl sites for hydroxylation is 1. The van der Waals surface area contributed by atoms with Crippen molar-refractivity contribution in [3.8, 4) is 0 Å². The molecule has 0 saturated carbocycles. The summed E-state index contributed by atoms with van der Waals surface area (Å²) in [5, 5.41) is 14.9. The van der Waals surface area contributed by atoms with Crippen LogP contribution in [0.25, 0.3) is 0 Å². The summed E-state index contributed by atoms with van der Waals surface area (Å²) in [5.41, 5.74) is 0. The lowest BCUT2D eigenvalue weighted by Crippen LogP contribution is -2.37. The average molecular weight is 248 g/mol. The van der Waals surface area contributed by atoms with Crippen molar-refractivity contribution in [2.24, 2.45) is 0 Å². The zero-order chi connectivity index (χ0) is 12.8. The van der Waals surface area contributed by atoms with Crippen molar-refractivity contribution < 1.29 is 18.7 Å². The highest BCUT2D eigenvalue weighted by Crippen LogP contribution is 2.04. The van der Waals surface area contributed by atoms with Gasteiger partial charge in [-0.2, -0.15) is 0 Å². The number of aromatic nitrogens is 3. The number of hydrogen-bond donors (Lipinski definition) is 2. The molecule has 1 amide bonds. The Balaban J connectivity index is 2.75. The second-order valence-electron chi connectivity index (χ2n) is 3.33. The largest absolute Gasteiger partial charge is 0.395 e. The molecule has 0 aromatic carbocycles. The lowest BCUT2D eigenvalue weighted by molar-refractivity contribution is 0.0499. The first-order chi connectivity index (χ1) is 8.08. The molecular weight excluding hydrogens is 234 g/mol. The summed E-state index contributed by atoms with van der Waals surface area (Å²) in [5.74, 6) is -0.361. The maximum Gasteiger partial charge on any atom is 0.293 e. The van der Waals surface area contributed by atoms with Gasteiger partial charge in [-0.1, -0.05) is 6.92 Å². The van der Waals surface area contributed by atoms with Crippen LogP contribution in [0, 0.1) is 0 Å². The number of carbonyl (C=O) groups excluding carboxylic acids is 1. The van der Waals surface area contributed by atoms with Crippen LogP contribution in [0.5, 0.6) is 0 Å². The van der Waals surface area contributed by atoms with E-state index in [1.165, 1.54) is 0 Å². The van der Waals surface area contributed by atoms with Gasteiger partial charge in [-0.3, -0.25) is 9.89 Å². The Morgan fingerprint density at radius 2 is 2.29 bits per heavy atom. The van der Waals surface area contributed by atoms with E-state index >= 15 is 0 Å². The number of aliphatic hydroxyl groups is 1. The number of amides is 1. The van der Waals surface area contributed by atoms with Crippen molar-refractivity contribution in [2.45, 2.75) is 19.8 Å². The van der Waals surface area contributed by atoms with Crippen LogP contribution in [0.4, 0.5) is 8.78 Å².